The topological polar surface area (TPSA) is 47.6 Å². The lowest BCUT2D eigenvalue weighted by Crippen LogP contribution is -2.34. The van der Waals surface area contributed by atoms with Crippen LogP contribution in [0.5, 0.6) is 11.5 Å². The average molecular weight is 376 g/mol. The predicted octanol–water partition coefficient (Wildman–Crippen LogP) is 3.99. The first kappa shape index (κ1) is 17.2. The molecule has 2 aliphatic rings. The Morgan fingerprint density at radius 2 is 2.00 bits per heavy atom. The van der Waals surface area contributed by atoms with Crippen molar-refractivity contribution in [1.29, 1.82) is 0 Å². The van der Waals surface area contributed by atoms with Gasteiger partial charge in [-0.1, -0.05) is 23.7 Å². The zero-order chi connectivity index (χ0) is 18.1. The lowest BCUT2D eigenvalue weighted by molar-refractivity contribution is -0.123. The number of fused-ring (bicyclic) bond motifs is 1. The predicted molar refractivity (Wildman–Crippen MR) is 96.2 cm³/mol. The van der Waals surface area contributed by atoms with E-state index in [1.807, 2.05) is 6.07 Å². The maximum Gasteiger partial charge on any atom is 0.230 e. The number of amides is 1. The van der Waals surface area contributed by atoms with Crippen molar-refractivity contribution in [2.45, 2.75) is 31.2 Å². The van der Waals surface area contributed by atoms with E-state index in [4.69, 9.17) is 21.1 Å². The van der Waals surface area contributed by atoms with Crippen LogP contribution in [-0.4, -0.2) is 19.1 Å². The van der Waals surface area contributed by atoms with Gasteiger partial charge in [-0.2, -0.15) is 0 Å². The molecule has 1 aliphatic heterocycles. The fourth-order valence-electron chi connectivity index (χ4n) is 3.30. The maximum absolute atomic E-state index is 13.5. The second kappa shape index (κ2) is 6.80. The van der Waals surface area contributed by atoms with Crippen LogP contribution in [0.4, 0.5) is 4.39 Å². The molecule has 1 N–H and O–H groups in total. The molecule has 0 atom stereocenters. The molecule has 0 radical (unpaired) electrons. The molecular weight excluding hydrogens is 357 g/mol. The molecule has 6 heteroatoms. The first-order valence-electron chi connectivity index (χ1n) is 8.71. The summed E-state index contributed by atoms with van der Waals surface area (Å²) in [7, 11) is 0. The summed E-state index contributed by atoms with van der Waals surface area (Å²) in [5.74, 6) is 0.741. The largest absolute Gasteiger partial charge is 0.489 e. The summed E-state index contributed by atoms with van der Waals surface area (Å²) in [5, 5.41) is 3.43. The van der Waals surface area contributed by atoms with Crippen LogP contribution < -0.4 is 14.8 Å². The van der Waals surface area contributed by atoms with Gasteiger partial charge in [0.05, 0.1) is 23.7 Å². The molecule has 1 amide bonds. The van der Waals surface area contributed by atoms with E-state index in [2.05, 4.69) is 5.32 Å². The molecule has 2 aromatic rings. The Bertz CT molecular complexity index is 851. The summed E-state index contributed by atoms with van der Waals surface area (Å²) in [5.41, 5.74) is 0.950. The SMILES string of the molecule is O=C(NCc1cc(Cl)c2c(c1)OCCCO2)C1(c2cccc(F)c2)CC1. The third-order valence-corrected chi connectivity index (χ3v) is 5.16. The van der Waals surface area contributed by atoms with Crippen molar-refractivity contribution in [3.63, 3.8) is 0 Å². The van der Waals surface area contributed by atoms with E-state index in [1.54, 1.807) is 18.2 Å². The van der Waals surface area contributed by atoms with Crippen molar-refractivity contribution in [2.75, 3.05) is 13.2 Å². The van der Waals surface area contributed by atoms with Crippen LogP contribution in [0.3, 0.4) is 0 Å². The van der Waals surface area contributed by atoms with Gasteiger partial charge in [-0.25, -0.2) is 4.39 Å². The third-order valence-electron chi connectivity index (χ3n) is 4.88. The van der Waals surface area contributed by atoms with Gasteiger partial charge in [0.15, 0.2) is 11.5 Å². The van der Waals surface area contributed by atoms with Gasteiger partial charge in [-0.3, -0.25) is 4.79 Å². The summed E-state index contributed by atoms with van der Waals surface area (Å²) >= 11 is 6.29. The van der Waals surface area contributed by atoms with Crippen LogP contribution in [0.2, 0.25) is 5.02 Å². The summed E-state index contributed by atoms with van der Waals surface area (Å²) in [6.45, 7) is 1.47. The summed E-state index contributed by atoms with van der Waals surface area (Å²) in [4.78, 5) is 12.7. The van der Waals surface area contributed by atoms with E-state index in [0.29, 0.717) is 36.3 Å². The molecule has 4 nitrogen and oxygen atoms in total. The normalized spacial score (nSPS) is 17.3. The van der Waals surface area contributed by atoms with E-state index in [-0.39, 0.29) is 11.7 Å². The van der Waals surface area contributed by atoms with Crippen molar-refractivity contribution < 1.29 is 18.7 Å². The standard InChI is InChI=1S/C20H19ClFNO3/c21-16-9-13(10-17-18(16)26-8-2-7-25-17)12-23-19(24)20(5-6-20)14-3-1-4-15(22)11-14/h1,3-4,9-11H,2,5-8,12H2,(H,23,24). The Morgan fingerprint density at radius 1 is 1.19 bits per heavy atom. The minimum atomic E-state index is -0.614. The van der Waals surface area contributed by atoms with Crippen LogP contribution in [-0.2, 0) is 16.8 Å². The van der Waals surface area contributed by atoms with Crippen molar-refractivity contribution >= 4 is 17.5 Å². The van der Waals surface area contributed by atoms with Gasteiger partial charge in [-0.05, 0) is 48.2 Å². The monoisotopic (exact) mass is 375 g/mol. The fraction of sp³-hybridized carbons (Fsp3) is 0.350. The van der Waals surface area contributed by atoms with Gasteiger partial charge in [-0.15, -0.1) is 0 Å². The molecule has 4 rings (SSSR count). The molecular formula is C20H19ClFNO3. The van der Waals surface area contributed by atoms with E-state index >= 15 is 0 Å². The molecule has 0 unspecified atom stereocenters. The minimum Gasteiger partial charge on any atom is -0.489 e. The molecule has 0 saturated heterocycles. The Hall–Kier alpha value is -2.27. The number of halogens is 2. The molecule has 1 heterocycles. The molecule has 0 bridgehead atoms. The van der Waals surface area contributed by atoms with Gasteiger partial charge in [0.25, 0.3) is 0 Å². The third kappa shape index (κ3) is 3.23. The van der Waals surface area contributed by atoms with Crippen molar-refractivity contribution in [3.8, 4) is 11.5 Å². The number of hydrogen-bond acceptors (Lipinski definition) is 3. The van der Waals surface area contributed by atoms with Crippen LogP contribution in [0.15, 0.2) is 36.4 Å². The summed E-state index contributed by atoms with van der Waals surface area (Å²) < 4.78 is 24.8. The summed E-state index contributed by atoms with van der Waals surface area (Å²) in [6.07, 6.45) is 2.25. The molecule has 2 aromatic carbocycles. The van der Waals surface area contributed by atoms with Crippen LogP contribution >= 0.6 is 11.6 Å². The molecule has 0 aromatic heterocycles. The average Bonchev–Trinajstić information content (AvgIpc) is 3.44. The lowest BCUT2D eigenvalue weighted by Gasteiger charge is -2.17. The van der Waals surface area contributed by atoms with Crippen LogP contribution in [0, 0.1) is 5.82 Å². The highest BCUT2D eigenvalue weighted by molar-refractivity contribution is 6.32. The van der Waals surface area contributed by atoms with Crippen LogP contribution in [0.1, 0.15) is 30.4 Å². The van der Waals surface area contributed by atoms with Gasteiger partial charge >= 0.3 is 0 Å². The number of hydrogen-bond donors (Lipinski definition) is 1. The Morgan fingerprint density at radius 3 is 2.77 bits per heavy atom. The number of rotatable bonds is 4. The lowest BCUT2D eigenvalue weighted by atomic mass is 9.95. The maximum atomic E-state index is 13.5. The van der Waals surface area contributed by atoms with Gasteiger partial charge < -0.3 is 14.8 Å². The zero-order valence-electron chi connectivity index (χ0n) is 14.2. The van der Waals surface area contributed by atoms with Gasteiger partial charge in [0, 0.05) is 13.0 Å². The number of carbonyl (C=O) groups excluding carboxylic acids is 1. The molecule has 0 spiro atoms. The number of ether oxygens (including phenoxy) is 2. The summed E-state index contributed by atoms with van der Waals surface area (Å²) in [6, 6.07) is 9.89. The Labute approximate surface area is 156 Å². The molecule has 26 heavy (non-hydrogen) atoms. The van der Waals surface area contributed by atoms with E-state index in [1.165, 1.54) is 12.1 Å². The highest BCUT2D eigenvalue weighted by Crippen LogP contribution is 2.48. The number of benzene rings is 2. The molecule has 136 valence electrons. The second-order valence-corrected chi connectivity index (χ2v) is 7.14. The van der Waals surface area contributed by atoms with Crippen LogP contribution in [0.25, 0.3) is 0 Å². The number of carbonyl (C=O) groups is 1. The molecule has 1 aliphatic carbocycles. The zero-order valence-corrected chi connectivity index (χ0v) is 14.9. The minimum absolute atomic E-state index is 0.0914. The highest BCUT2D eigenvalue weighted by atomic mass is 35.5. The van der Waals surface area contributed by atoms with Crippen molar-refractivity contribution in [2.24, 2.45) is 0 Å². The Balaban J connectivity index is 1.48. The van der Waals surface area contributed by atoms with E-state index in [9.17, 15) is 9.18 Å². The molecule has 1 saturated carbocycles. The quantitative estimate of drug-likeness (QED) is 0.879. The smallest absolute Gasteiger partial charge is 0.230 e. The van der Waals surface area contributed by atoms with Gasteiger partial charge in [0.2, 0.25) is 5.91 Å². The Kier molecular flexibility index (Phi) is 4.49. The molecule has 1 fully saturated rings. The first-order chi connectivity index (χ1) is 12.6. The van der Waals surface area contributed by atoms with Gasteiger partial charge in [0.1, 0.15) is 5.82 Å². The fourth-order valence-corrected chi connectivity index (χ4v) is 3.58. The second-order valence-electron chi connectivity index (χ2n) is 6.73. The highest BCUT2D eigenvalue weighted by Gasteiger charge is 2.51. The first-order valence-corrected chi connectivity index (χ1v) is 9.09. The van der Waals surface area contributed by atoms with Crippen molar-refractivity contribution in [1.82, 2.24) is 5.32 Å². The van der Waals surface area contributed by atoms with E-state index in [0.717, 1.165) is 30.4 Å². The number of nitrogens with one attached hydrogen (secondary N) is 1. The van der Waals surface area contributed by atoms with E-state index < -0.39 is 5.41 Å². The van der Waals surface area contributed by atoms with Crippen molar-refractivity contribution in [3.05, 3.63) is 58.4 Å².